The Morgan fingerprint density at radius 2 is 1.59 bits per heavy atom. The lowest BCUT2D eigenvalue weighted by molar-refractivity contribution is 0.103. The van der Waals surface area contributed by atoms with Gasteiger partial charge >= 0.3 is 6.03 Å². The molecule has 8 nitrogen and oxygen atoms in total. The summed E-state index contributed by atoms with van der Waals surface area (Å²) in [4.78, 5) is 36.9. The molecule has 0 spiro atoms. The van der Waals surface area contributed by atoms with Gasteiger partial charge < -0.3 is 5.32 Å². The van der Waals surface area contributed by atoms with Gasteiger partial charge in [0.25, 0.3) is 0 Å². The molecule has 0 unspecified atom stereocenters. The molecule has 1 heterocycles. The fourth-order valence-corrected chi connectivity index (χ4v) is 2.50. The van der Waals surface area contributed by atoms with Crippen molar-refractivity contribution in [2.75, 3.05) is 23.2 Å². The zero-order valence-electron chi connectivity index (χ0n) is 15.7. The van der Waals surface area contributed by atoms with Gasteiger partial charge in [0.1, 0.15) is 0 Å². The van der Waals surface area contributed by atoms with Crippen molar-refractivity contribution < 1.29 is 18.8 Å². The average molecular weight is 395 g/mol. The Kier molecular flexibility index (Phi) is 6.10. The maximum Gasteiger partial charge on any atom is 0.326 e. The summed E-state index contributed by atoms with van der Waals surface area (Å²) in [5, 5.41) is 5.01. The first kappa shape index (κ1) is 19.9. The van der Waals surface area contributed by atoms with E-state index < -0.39 is 11.8 Å². The highest BCUT2D eigenvalue weighted by Gasteiger charge is 2.14. The maximum atomic E-state index is 13.9. The van der Waals surface area contributed by atoms with Crippen LogP contribution < -0.4 is 16.1 Å². The van der Waals surface area contributed by atoms with Crippen molar-refractivity contribution in [3.63, 3.8) is 0 Å². The van der Waals surface area contributed by atoms with Crippen molar-refractivity contribution >= 4 is 29.3 Å². The second kappa shape index (κ2) is 8.89. The van der Waals surface area contributed by atoms with E-state index in [4.69, 9.17) is 0 Å². The van der Waals surface area contributed by atoms with Gasteiger partial charge in [-0.15, -0.1) is 0 Å². The van der Waals surface area contributed by atoms with Gasteiger partial charge in [-0.3, -0.25) is 14.9 Å². The average Bonchev–Trinajstić information content (AvgIpc) is 2.72. The van der Waals surface area contributed by atoms with Crippen LogP contribution in [-0.4, -0.2) is 28.9 Å². The van der Waals surface area contributed by atoms with Crippen LogP contribution in [0, 0.1) is 12.7 Å². The summed E-state index contributed by atoms with van der Waals surface area (Å²) in [5.74, 6) is -1.10. The Bertz CT molecular complexity index is 1030. The smallest absolute Gasteiger partial charge is 0.308 e. The molecule has 0 aliphatic rings. The van der Waals surface area contributed by atoms with Crippen molar-refractivity contribution in [2.45, 2.75) is 6.92 Å². The molecule has 0 atom stereocenters. The molecule has 3 N–H and O–H groups in total. The number of urea groups is 1. The molecule has 2 aromatic carbocycles. The first-order valence-corrected chi connectivity index (χ1v) is 8.59. The van der Waals surface area contributed by atoms with Crippen LogP contribution in [-0.2, 0) is 4.84 Å². The number of aromatic nitrogens is 2. The van der Waals surface area contributed by atoms with Crippen LogP contribution >= 0.6 is 0 Å². The summed E-state index contributed by atoms with van der Waals surface area (Å²) in [5.41, 5.74) is 3.85. The molecular weight excluding hydrogens is 377 g/mol. The predicted octanol–water partition coefficient (Wildman–Crippen LogP) is 3.77. The molecule has 0 bridgehead atoms. The molecule has 0 radical (unpaired) electrons. The van der Waals surface area contributed by atoms with E-state index in [9.17, 15) is 14.0 Å². The number of aryl methyl sites for hydroxylation is 1. The maximum absolute atomic E-state index is 13.9. The van der Waals surface area contributed by atoms with Crippen LogP contribution in [0.25, 0.3) is 0 Å². The van der Waals surface area contributed by atoms with Crippen LogP contribution in [0.3, 0.4) is 0 Å². The van der Waals surface area contributed by atoms with Gasteiger partial charge in [0.15, 0.2) is 17.4 Å². The molecule has 29 heavy (non-hydrogen) atoms. The van der Waals surface area contributed by atoms with Gasteiger partial charge in [-0.1, -0.05) is 30.3 Å². The van der Waals surface area contributed by atoms with Crippen LogP contribution in [0.2, 0.25) is 0 Å². The van der Waals surface area contributed by atoms with Crippen LogP contribution in [0.4, 0.5) is 26.6 Å². The number of ketones is 1. The molecule has 2 amide bonds. The zero-order chi connectivity index (χ0) is 20.8. The monoisotopic (exact) mass is 395 g/mol. The predicted molar refractivity (Wildman–Crippen MR) is 106 cm³/mol. The summed E-state index contributed by atoms with van der Waals surface area (Å²) in [6, 6.07) is 14.7. The highest BCUT2D eigenvalue weighted by atomic mass is 19.1. The van der Waals surface area contributed by atoms with E-state index in [2.05, 4.69) is 30.9 Å². The van der Waals surface area contributed by atoms with Crippen molar-refractivity contribution in [1.82, 2.24) is 9.97 Å². The molecule has 0 saturated heterocycles. The Morgan fingerprint density at radius 1 is 0.931 bits per heavy atom. The lowest BCUT2D eigenvalue weighted by Gasteiger charge is -2.10. The van der Waals surface area contributed by atoms with Crippen molar-refractivity contribution in [3.8, 4) is 0 Å². The summed E-state index contributed by atoms with van der Waals surface area (Å²) in [6.45, 7) is 1.43. The van der Waals surface area contributed by atoms with Crippen molar-refractivity contribution in [1.29, 1.82) is 0 Å². The van der Waals surface area contributed by atoms with E-state index in [0.29, 0.717) is 16.8 Å². The number of anilines is 3. The van der Waals surface area contributed by atoms with E-state index in [1.807, 2.05) is 6.07 Å². The molecule has 1 aromatic heterocycles. The molecular formula is C20H18FN5O3. The first-order valence-electron chi connectivity index (χ1n) is 8.59. The number of benzene rings is 2. The van der Waals surface area contributed by atoms with E-state index in [1.54, 1.807) is 48.5 Å². The molecule has 0 saturated carbocycles. The number of nitrogens with zero attached hydrogens (tertiary/aromatic N) is 2. The number of carbonyl (C=O) groups is 2. The van der Waals surface area contributed by atoms with E-state index in [-0.39, 0.29) is 23.2 Å². The van der Waals surface area contributed by atoms with Crippen LogP contribution in [0.1, 0.15) is 21.6 Å². The number of rotatable bonds is 6. The molecule has 3 aromatic rings. The number of carbonyl (C=O) groups excluding carboxylic acids is 2. The van der Waals surface area contributed by atoms with Gasteiger partial charge in [-0.2, -0.15) is 4.98 Å². The highest BCUT2D eigenvalue weighted by molar-refractivity contribution is 6.09. The quantitative estimate of drug-likeness (QED) is 0.433. The second-order valence-electron chi connectivity index (χ2n) is 5.95. The summed E-state index contributed by atoms with van der Waals surface area (Å²) in [7, 11) is 1.31. The fourth-order valence-electron chi connectivity index (χ4n) is 2.50. The minimum absolute atomic E-state index is 0.0404. The van der Waals surface area contributed by atoms with Gasteiger partial charge in [-0.25, -0.2) is 19.6 Å². The molecule has 148 valence electrons. The lowest BCUT2D eigenvalue weighted by atomic mass is 10.0. The Morgan fingerprint density at radius 3 is 2.24 bits per heavy atom. The molecule has 0 aliphatic carbocycles. The minimum Gasteiger partial charge on any atom is -0.308 e. The SMILES string of the molecule is CONc1nc(NC(=O)Nc2ccc(C(=O)c3ccccc3)cc2)nc(C)c1F. The van der Waals surface area contributed by atoms with Gasteiger partial charge in [0.05, 0.1) is 12.8 Å². The van der Waals surface area contributed by atoms with Crippen LogP contribution in [0.5, 0.6) is 0 Å². The standard InChI is InChI=1S/C20H18FN5O3/c1-12-16(21)18(26-29-2)24-19(22-12)25-20(28)23-15-10-8-14(9-11-15)17(27)13-6-4-3-5-7-13/h3-11H,1-2H3,(H3,22,23,24,25,26,28). The number of hydrogen-bond acceptors (Lipinski definition) is 6. The Balaban J connectivity index is 1.66. The van der Waals surface area contributed by atoms with Crippen molar-refractivity contribution in [3.05, 3.63) is 77.2 Å². The largest absolute Gasteiger partial charge is 0.326 e. The third kappa shape index (κ3) is 4.90. The van der Waals surface area contributed by atoms with E-state index in [1.165, 1.54) is 14.0 Å². The number of hydrogen-bond donors (Lipinski definition) is 3. The number of amides is 2. The summed E-state index contributed by atoms with van der Waals surface area (Å²) in [6.07, 6.45) is 0. The third-order valence-corrected chi connectivity index (χ3v) is 3.88. The molecule has 3 rings (SSSR count). The van der Waals surface area contributed by atoms with Gasteiger partial charge in [-0.05, 0) is 31.2 Å². The topological polar surface area (TPSA) is 105 Å². The molecule has 0 fully saturated rings. The van der Waals surface area contributed by atoms with E-state index in [0.717, 1.165) is 0 Å². The number of nitrogens with one attached hydrogen (secondary N) is 3. The summed E-state index contributed by atoms with van der Waals surface area (Å²) >= 11 is 0. The highest BCUT2D eigenvalue weighted by Crippen LogP contribution is 2.17. The van der Waals surface area contributed by atoms with Gasteiger partial charge in [0, 0.05) is 16.8 Å². The minimum atomic E-state index is -0.684. The summed E-state index contributed by atoms with van der Waals surface area (Å²) < 4.78 is 13.9. The molecule has 9 heteroatoms. The zero-order valence-corrected chi connectivity index (χ0v) is 15.7. The lowest BCUT2D eigenvalue weighted by Crippen LogP contribution is -2.22. The third-order valence-electron chi connectivity index (χ3n) is 3.88. The Hall–Kier alpha value is -3.85. The van der Waals surface area contributed by atoms with Gasteiger partial charge in [0.2, 0.25) is 5.95 Å². The second-order valence-corrected chi connectivity index (χ2v) is 5.95. The normalized spacial score (nSPS) is 10.3. The Labute approximate surface area is 166 Å². The number of halogens is 1. The van der Waals surface area contributed by atoms with Crippen molar-refractivity contribution in [2.24, 2.45) is 0 Å². The fraction of sp³-hybridized carbons (Fsp3) is 0.100. The molecule has 0 aliphatic heterocycles. The van der Waals surface area contributed by atoms with Crippen LogP contribution in [0.15, 0.2) is 54.6 Å². The first-order chi connectivity index (χ1) is 14.0. The van der Waals surface area contributed by atoms with E-state index >= 15 is 0 Å².